The van der Waals surface area contributed by atoms with Crippen LogP contribution in [0.1, 0.15) is 25.7 Å². The Morgan fingerprint density at radius 1 is 0.486 bits per heavy atom. The average Bonchev–Trinajstić information content (AvgIpc) is 2.63. The second-order valence-electron chi connectivity index (χ2n) is 7.59. The molecule has 0 aromatic carbocycles. The first-order valence-electron chi connectivity index (χ1n) is 9.75. The molecule has 0 aromatic rings. The zero-order chi connectivity index (χ0) is 27.6. The normalized spacial score (nSPS) is 11.9. The average molecular weight is 509 g/mol. The highest BCUT2D eigenvalue weighted by molar-refractivity contribution is 5.80. The molecular weight excluding hydrogens is 482 g/mol. The fraction of sp³-hybridized carbons (Fsp3) is 0.611. The summed E-state index contributed by atoms with van der Waals surface area (Å²) in [5, 5.41) is 66.7. The lowest BCUT2D eigenvalue weighted by molar-refractivity contribution is -0.177. The van der Waals surface area contributed by atoms with E-state index in [0.717, 1.165) is 0 Å². The van der Waals surface area contributed by atoms with Crippen LogP contribution in [-0.4, -0.2) is 131 Å². The van der Waals surface area contributed by atoms with E-state index in [0.29, 0.717) is 9.80 Å². The van der Waals surface area contributed by atoms with Crippen LogP contribution in [0.3, 0.4) is 0 Å². The van der Waals surface area contributed by atoms with Crippen LogP contribution in [0.2, 0.25) is 0 Å². The van der Waals surface area contributed by atoms with Gasteiger partial charge in [-0.2, -0.15) is 0 Å². The van der Waals surface area contributed by atoms with Crippen LogP contribution >= 0.6 is 0 Å². The molecule has 0 spiro atoms. The van der Waals surface area contributed by atoms with E-state index < -0.39 is 111 Å². The quantitative estimate of drug-likeness (QED) is 0.0870. The van der Waals surface area contributed by atoms with E-state index in [1.165, 1.54) is 0 Å². The van der Waals surface area contributed by atoms with Gasteiger partial charge in [-0.1, -0.05) is 0 Å². The molecule has 0 bridgehead atoms. The van der Waals surface area contributed by atoms with Crippen molar-refractivity contribution in [2.24, 2.45) is 5.73 Å². The van der Waals surface area contributed by atoms with Gasteiger partial charge in [-0.25, -0.2) is 0 Å². The van der Waals surface area contributed by atoms with Crippen LogP contribution < -0.4 is 5.73 Å². The first-order valence-corrected chi connectivity index (χ1v) is 9.75. The second-order valence-corrected chi connectivity index (χ2v) is 7.59. The molecule has 0 saturated carbocycles. The molecule has 0 atom stereocenters. The van der Waals surface area contributed by atoms with Gasteiger partial charge in [-0.3, -0.25) is 43.4 Å². The van der Waals surface area contributed by atoms with Gasteiger partial charge in [0.15, 0.2) is 0 Å². The molecule has 0 unspecified atom stereocenters. The van der Waals surface area contributed by atoms with Crippen molar-refractivity contribution in [2.45, 2.75) is 36.8 Å². The SMILES string of the molecule is NCCN(CC(=O)O)C(CC(=O)O)(CC(=O)O)C(CC(=O)O)(CC(=O)O)N(CC(=O)O)CC(=O)O. The Bertz CT molecular complexity index is 809. The molecule has 0 aliphatic rings. The van der Waals surface area contributed by atoms with Gasteiger partial charge in [0.25, 0.3) is 0 Å². The largest absolute Gasteiger partial charge is 0.481 e. The van der Waals surface area contributed by atoms with Gasteiger partial charge in [-0.15, -0.1) is 0 Å². The van der Waals surface area contributed by atoms with Crippen LogP contribution in [-0.2, 0) is 33.6 Å². The molecule has 17 heteroatoms. The third-order valence-corrected chi connectivity index (χ3v) is 5.23. The number of carboxylic acid groups (broad SMARTS) is 7. The van der Waals surface area contributed by atoms with Gasteiger partial charge in [0, 0.05) is 13.1 Å². The summed E-state index contributed by atoms with van der Waals surface area (Å²) in [5.41, 5.74) is -0.163. The highest BCUT2D eigenvalue weighted by atomic mass is 16.4. The Morgan fingerprint density at radius 2 is 0.743 bits per heavy atom. The van der Waals surface area contributed by atoms with Gasteiger partial charge in [0.1, 0.15) is 0 Å². The molecule has 35 heavy (non-hydrogen) atoms. The number of hydrogen-bond donors (Lipinski definition) is 8. The third kappa shape index (κ3) is 8.80. The summed E-state index contributed by atoms with van der Waals surface area (Å²) in [6, 6.07) is 0. The minimum Gasteiger partial charge on any atom is -0.481 e. The van der Waals surface area contributed by atoms with Gasteiger partial charge < -0.3 is 41.5 Å². The number of rotatable bonds is 19. The predicted octanol–water partition coefficient (Wildman–Crippen LogP) is -2.82. The fourth-order valence-electron chi connectivity index (χ4n) is 4.27. The van der Waals surface area contributed by atoms with Crippen molar-refractivity contribution in [1.82, 2.24) is 9.80 Å². The summed E-state index contributed by atoms with van der Waals surface area (Å²) in [5.74, 6) is -12.6. The summed E-state index contributed by atoms with van der Waals surface area (Å²) in [6.07, 6.45) is -5.71. The topological polar surface area (TPSA) is 294 Å². The molecule has 0 saturated heterocycles. The Hall–Kier alpha value is -3.83. The molecule has 0 radical (unpaired) electrons. The van der Waals surface area contributed by atoms with Crippen LogP contribution in [0.4, 0.5) is 0 Å². The maximum Gasteiger partial charge on any atom is 0.317 e. The lowest BCUT2D eigenvalue weighted by atomic mass is 9.65. The molecule has 0 aromatic heterocycles. The van der Waals surface area contributed by atoms with Crippen LogP contribution in [0.5, 0.6) is 0 Å². The monoisotopic (exact) mass is 509 g/mol. The van der Waals surface area contributed by atoms with Crippen LogP contribution in [0.15, 0.2) is 0 Å². The zero-order valence-corrected chi connectivity index (χ0v) is 18.3. The van der Waals surface area contributed by atoms with Crippen molar-refractivity contribution in [3.05, 3.63) is 0 Å². The molecular formula is C18H27N3O14. The molecule has 0 heterocycles. The summed E-state index contributed by atoms with van der Waals surface area (Å²) in [6.45, 7) is -4.90. The molecule has 0 fully saturated rings. The molecule has 0 amide bonds. The zero-order valence-electron chi connectivity index (χ0n) is 18.3. The lowest BCUT2D eigenvalue weighted by Crippen LogP contribution is -2.75. The van der Waals surface area contributed by atoms with E-state index in [1.807, 2.05) is 0 Å². The Morgan fingerprint density at radius 3 is 0.971 bits per heavy atom. The number of carbonyl (C=O) groups is 7. The number of nitrogens with two attached hydrogens (primary N) is 1. The second kappa shape index (κ2) is 13.2. The first kappa shape index (κ1) is 31.2. The van der Waals surface area contributed by atoms with E-state index >= 15 is 0 Å². The van der Waals surface area contributed by atoms with E-state index in [4.69, 9.17) is 5.73 Å². The van der Waals surface area contributed by atoms with Gasteiger partial charge in [0.05, 0.1) is 56.4 Å². The van der Waals surface area contributed by atoms with E-state index in [-0.39, 0.29) is 0 Å². The molecule has 198 valence electrons. The highest BCUT2D eigenvalue weighted by Crippen LogP contribution is 2.45. The van der Waals surface area contributed by atoms with Gasteiger partial charge in [0.2, 0.25) is 0 Å². The Balaban J connectivity index is 7.93. The third-order valence-electron chi connectivity index (χ3n) is 5.23. The summed E-state index contributed by atoms with van der Waals surface area (Å²) < 4.78 is 0. The fourth-order valence-corrected chi connectivity index (χ4v) is 4.27. The van der Waals surface area contributed by atoms with Crippen molar-refractivity contribution >= 4 is 41.8 Å². The van der Waals surface area contributed by atoms with Crippen molar-refractivity contribution in [3.63, 3.8) is 0 Å². The Labute approximate surface area is 196 Å². The van der Waals surface area contributed by atoms with Crippen molar-refractivity contribution in [1.29, 1.82) is 0 Å². The maximum absolute atomic E-state index is 11.9. The van der Waals surface area contributed by atoms with Crippen LogP contribution in [0.25, 0.3) is 0 Å². The standard InChI is InChI=1S/C18H27N3O14/c19-1-2-20(7-14(30)31)17(3-10(22)23,4-11(24)25)18(5-12(26)27,6-13(28)29)21(8-15(32)33)9-16(34)35/h1-9,19H2,(H,22,23)(H,24,25)(H,26,27)(H,28,29)(H,30,31)(H,32,33)(H,34,35). The smallest absolute Gasteiger partial charge is 0.317 e. The number of hydrogen-bond acceptors (Lipinski definition) is 10. The predicted molar refractivity (Wildman–Crippen MR) is 110 cm³/mol. The summed E-state index contributed by atoms with van der Waals surface area (Å²) in [4.78, 5) is 83.4. The number of nitrogens with zero attached hydrogens (tertiary/aromatic N) is 2. The molecule has 0 aliphatic heterocycles. The number of carboxylic acids is 7. The highest BCUT2D eigenvalue weighted by Gasteiger charge is 2.62. The first-order chi connectivity index (χ1) is 16.0. The summed E-state index contributed by atoms with van der Waals surface area (Å²) in [7, 11) is 0. The maximum atomic E-state index is 11.9. The van der Waals surface area contributed by atoms with Crippen molar-refractivity contribution in [2.75, 3.05) is 32.7 Å². The minimum atomic E-state index is -2.87. The summed E-state index contributed by atoms with van der Waals surface area (Å²) >= 11 is 0. The van der Waals surface area contributed by atoms with Gasteiger partial charge >= 0.3 is 41.8 Å². The molecule has 0 aliphatic carbocycles. The molecule has 0 rings (SSSR count). The van der Waals surface area contributed by atoms with Crippen LogP contribution in [0, 0.1) is 0 Å². The Kier molecular flexibility index (Phi) is 11.7. The molecule has 9 N–H and O–H groups in total. The van der Waals surface area contributed by atoms with Crippen molar-refractivity contribution in [3.8, 4) is 0 Å². The lowest BCUT2D eigenvalue weighted by Gasteiger charge is -2.57. The van der Waals surface area contributed by atoms with E-state index in [1.54, 1.807) is 0 Å². The van der Waals surface area contributed by atoms with Crippen molar-refractivity contribution < 1.29 is 69.3 Å². The van der Waals surface area contributed by atoms with E-state index in [9.17, 15) is 69.3 Å². The number of aliphatic carboxylic acids is 7. The van der Waals surface area contributed by atoms with Gasteiger partial charge in [-0.05, 0) is 0 Å². The molecule has 17 nitrogen and oxygen atoms in total. The minimum absolute atomic E-state index is 0.331. The van der Waals surface area contributed by atoms with E-state index in [2.05, 4.69) is 0 Å².